The molecule has 1 amide bonds. The third-order valence-electron chi connectivity index (χ3n) is 2.38. The molecule has 20 heavy (non-hydrogen) atoms. The first-order chi connectivity index (χ1) is 9.56. The number of carboxylic acid groups (broad SMARTS) is 1. The number of aliphatic carboxylic acids is 1. The largest absolute Gasteiger partial charge is 0.480 e. The SMILES string of the molecule is O=C(O)Cn1cc(CNC(=O)c2ccc[nH]c2=O)nn1. The van der Waals surface area contributed by atoms with Gasteiger partial charge in [0, 0.05) is 6.20 Å². The van der Waals surface area contributed by atoms with Crippen LogP contribution in [0, 0.1) is 0 Å². The lowest BCUT2D eigenvalue weighted by Gasteiger charge is -2.01. The maximum absolute atomic E-state index is 11.7. The van der Waals surface area contributed by atoms with E-state index in [9.17, 15) is 14.4 Å². The monoisotopic (exact) mass is 277 g/mol. The number of carbonyl (C=O) groups is 2. The molecule has 0 aliphatic rings. The van der Waals surface area contributed by atoms with Crippen molar-refractivity contribution in [3.63, 3.8) is 0 Å². The van der Waals surface area contributed by atoms with Crippen molar-refractivity contribution in [1.82, 2.24) is 25.3 Å². The van der Waals surface area contributed by atoms with E-state index >= 15 is 0 Å². The zero-order chi connectivity index (χ0) is 14.5. The molecule has 0 fully saturated rings. The van der Waals surface area contributed by atoms with E-state index in [1.165, 1.54) is 18.5 Å². The molecule has 2 aromatic rings. The number of H-pyrrole nitrogens is 1. The molecule has 104 valence electrons. The highest BCUT2D eigenvalue weighted by Gasteiger charge is 2.10. The van der Waals surface area contributed by atoms with Crippen LogP contribution in [-0.2, 0) is 17.9 Å². The Kier molecular flexibility index (Phi) is 3.89. The Labute approximate surface area is 112 Å². The maximum Gasteiger partial charge on any atom is 0.325 e. The molecule has 3 N–H and O–H groups in total. The molecule has 0 unspecified atom stereocenters. The van der Waals surface area contributed by atoms with Crippen molar-refractivity contribution < 1.29 is 14.7 Å². The number of amides is 1. The number of hydrogen-bond donors (Lipinski definition) is 3. The lowest BCUT2D eigenvalue weighted by molar-refractivity contribution is -0.137. The molecule has 0 aliphatic heterocycles. The fourth-order valence-corrected chi connectivity index (χ4v) is 1.50. The van der Waals surface area contributed by atoms with Gasteiger partial charge in [0.25, 0.3) is 11.5 Å². The molecule has 2 rings (SSSR count). The summed E-state index contributed by atoms with van der Waals surface area (Å²) in [5.74, 6) is -1.58. The number of carbonyl (C=O) groups excluding carboxylic acids is 1. The summed E-state index contributed by atoms with van der Waals surface area (Å²) < 4.78 is 1.14. The summed E-state index contributed by atoms with van der Waals surface area (Å²) in [6.07, 6.45) is 2.83. The van der Waals surface area contributed by atoms with Gasteiger partial charge in [0.15, 0.2) is 0 Å². The highest BCUT2D eigenvalue weighted by Crippen LogP contribution is 1.95. The average Bonchev–Trinajstić information content (AvgIpc) is 2.83. The Morgan fingerprint density at radius 3 is 2.95 bits per heavy atom. The summed E-state index contributed by atoms with van der Waals surface area (Å²) in [4.78, 5) is 36.0. The quantitative estimate of drug-likeness (QED) is 0.641. The number of rotatable bonds is 5. The summed E-state index contributed by atoms with van der Waals surface area (Å²) in [6.45, 7) is -0.258. The Hall–Kier alpha value is -2.97. The second kappa shape index (κ2) is 5.78. The highest BCUT2D eigenvalue weighted by molar-refractivity contribution is 5.93. The van der Waals surface area contributed by atoms with Crippen molar-refractivity contribution in [1.29, 1.82) is 0 Å². The minimum Gasteiger partial charge on any atom is -0.480 e. The van der Waals surface area contributed by atoms with E-state index in [4.69, 9.17) is 5.11 Å². The van der Waals surface area contributed by atoms with Crippen molar-refractivity contribution in [2.75, 3.05) is 0 Å². The molecule has 0 saturated heterocycles. The Bertz CT molecular complexity index is 690. The highest BCUT2D eigenvalue weighted by atomic mass is 16.4. The minimum absolute atomic E-state index is 0.00886. The van der Waals surface area contributed by atoms with Crippen LogP contribution in [0.2, 0.25) is 0 Å². The number of nitrogens with zero attached hydrogens (tertiary/aromatic N) is 3. The van der Waals surface area contributed by atoms with E-state index in [1.807, 2.05) is 0 Å². The number of hydrogen-bond acceptors (Lipinski definition) is 5. The Balaban J connectivity index is 1.97. The molecule has 0 bridgehead atoms. The summed E-state index contributed by atoms with van der Waals surface area (Å²) in [6, 6.07) is 2.94. The van der Waals surface area contributed by atoms with Crippen molar-refractivity contribution in [2.24, 2.45) is 0 Å². The second-order valence-electron chi connectivity index (χ2n) is 3.90. The molecule has 9 heteroatoms. The molecule has 0 aliphatic carbocycles. The first-order valence-electron chi connectivity index (χ1n) is 5.63. The van der Waals surface area contributed by atoms with Crippen LogP contribution in [0.1, 0.15) is 16.1 Å². The van der Waals surface area contributed by atoms with Crippen molar-refractivity contribution in [3.05, 3.63) is 46.1 Å². The summed E-state index contributed by atoms with van der Waals surface area (Å²) in [5, 5.41) is 18.4. The van der Waals surface area contributed by atoms with Gasteiger partial charge in [-0.25, -0.2) is 4.68 Å². The predicted octanol–water partition coefficient (Wildman–Crippen LogP) is -1.02. The van der Waals surface area contributed by atoms with Gasteiger partial charge >= 0.3 is 5.97 Å². The number of aromatic nitrogens is 4. The van der Waals surface area contributed by atoms with E-state index < -0.39 is 17.4 Å². The van der Waals surface area contributed by atoms with E-state index in [0.717, 1.165) is 4.68 Å². The predicted molar refractivity (Wildman–Crippen MR) is 65.9 cm³/mol. The average molecular weight is 277 g/mol. The van der Waals surface area contributed by atoms with E-state index in [1.54, 1.807) is 6.07 Å². The Morgan fingerprint density at radius 2 is 2.25 bits per heavy atom. The van der Waals surface area contributed by atoms with Gasteiger partial charge in [-0.2, -0.15) is 0 Å². The molecule has 2 heterocycles. The van der Waals surface area contributed by atoms with E-state index in [0.29, 0.717) is 5.69 Å². The molecular weight excluding hydrogens is 266 g/mol. The first-order valence-corrected chi connectivity index (χ1v) is 5.63. The van der Waals surface area contributed by atoms with Crippen LogP contribution in [0.25, 0.3) is 0 Å². The lowest BCUT2D eigenvalue weighted by Crippen LogP contribution is -2.29. The third kappa shape index (κ3) is 3.28. The number of nitrogens with one attached hydrogen (secondary N) is 2. The molecule has 0 spiro atoms. The zero-order valence-electron chi connectivity index (χ0n) is 10.2. The van der Waals surface area contributed by atoms with Crippen LogP contribution >= 0.6 is 0 Å². The zero-order valence-corrected chi connectivity index (χ0v) is 10.2. The summed E-state index contributed by atoms with van der Waals surface area (Å²) >= 11 is 0. The fraction of sp³-hybridized carbons (Fsp3) is 0.182. The van der Waals surface area contributed by atoms with Crippen LogP contribution in [0.3, 0.4) is 0 Å². The lowest BCUT2D eigenvalue weighted by atomic mass is 10.2. The summed E-state index contributed by atoms with van der Waals surface area (Å²) in [5.41, 5.74) is -0.100. The van der Waals surface area contributed by atoms with Gasteiger partial charge in [-0.15, -0.1) is 5.10 Å². The molecule has 0 aromatic carbocycles. The standard InChI is InChI=1S/C11H11N5O4/c17-9(18)6-16-5-7(14-15-16)4-13-11(20)8-2-1-3-12-10(8)19/h1-3,5H,4,6H2,(H,12,19)(H,13,20)(H,17,18). The van der Waals surface area contributed by atoms with Crippen molar-refractivity contribution in [2.45, 2.75) is 13.1 Å². The first kappa shape index (κ1) is 13.5. The van der Waals surface area contributed by atoms with E-state index in [-0.39, 0.29) is 18.7 Å². The molecule has 9 nitrogen and oxygen atoms in total. The smallest absolute Gasteiger partial charge is 0.325 e. The normalized spacial score (nSPS) is 10.2. The second-order valence-corrected chi connectivity index (χ2v) is 3.90. The van der Waals surface area contributed by atoms with Gasteiger partial charge in [0.2, 0.25) is 0 Å². The molecular formula is C11H11N5O4. The van der Waals surface area contributed by atoms with Crippen LogP contribution in [0.15, 0.2) is 29.3 Å². The van der Waals surface area contributed by atoms with Crippen LogP contribution < -0.4 is 10.9 Å². The third-order valence-corrected chi connectivity index (χ3v) is 2.38. The molecule has 0 saturated carbocycles. The molecule has 0 atom stereocenters. The van der Waals surface area contributed by atoms with Gasteiger partial charge in [-0.3, -0.25) is 14.4 Å². The number of carboxylic acids is 1. The van der Waals surface area contributed by atoms with Gasteiger partial charge in [0.05, 0.1) is 12.7 Å². The van der Waals surface area contributed by atoms with E-state index in [2.05, 4.69) is 20.6 Å². The molecule has 2 aromatic heterocycles. The van der Waals surface area contributed by atoms with Crippen molar-refractivity contribution in [3.8, 4) is 0 Å². The number of aromatic amines is 1. The summed E-state index contributed by atoms with van der Waals surface area (Å²) in [7, 11) is 0. The van der Waals surface area contributed by atoms with Gasteiger partial charge in [-0.05, 0) is 12.1 Å². The molecule has 0 radical (unpaired) electrons. The number of pyridine rings is 1. The van der Waals surface area contributed by atoms with Crippen LogP contribution in [0.4, 0.5) is 0 Å². The minimum atomic E-state index is -1.04. The van der Waals surface area contributed by atoms with Gasteiger partial charge in [-0.1, -0.05) is 5.21 Å². The maximum atomic E-state index is 11.7. The van der Waals surface area contributed by atoms with Crippen molar-refractivity contribution >= 4 is 11.9 Å². The van der Waals surface area contributed by atoms with Crippen LogP contribution in [0.5, 0.6) is 0 Å². The van der Waals surface area contributed by atoms with Gasteiger partial charge in [0.1, 0.15) is 17.8 Å². The topological polar surface area (TPSA) is 130 Å². The Morgan fingerprint density at radius 1 is 1.45 bits per heavy atom. The van der Waals surface area contributed by atoms with Crippen LogP contribution in [-0.4, -0.2) is 37.0 Å². The fourth-order valence-electron chi connectivity index (χ4n) is 1.50. The van der Waals surface area contributed by atoms with Gasteiger partial charge < -0.3 is 15.4 Å².